The number of piperazine rings is 1. The van der Waals surface area contributed by atoms with Gasteiger partial charge in [0.25, 0.3) is 5.91 Å². The molecule has 2 atom stereocenters. The van der Waals surface area contributed by atoms with Crippen molar-refractivity contribution in [1.82, 2.24) is 15.2 Å². The van der Waals surface area contributed by atoms with Crippen LogP contribution in [0.1, 0.15) is 46.0 Å². The van der Waals surface area contributed by atoms with Crippen LogP contribution in [0.25, 0.3) is 0 Å². The lowest BCUT2D eigenvalue weighted by atomic mass is 9.82. The van der Waals surface area contributed by atoms with Crippen molar-refractivity contribution in [3.8, 4) is 0 Å². The molecule has 0 spiro atoms. The second-order valence-corrected chi connectivity index (χ2v) is 6.31. The number of hydrogen-bond donors (Lipinski definition) is 2. The van der Waals surface area contributed by atoms with Crippen LogP contribution in [-0.2, 0) is 19.2 Å². The molecule has 0 bridgehead atoms. The molecular weight excluding hydrogens is 300 g/mol. The quantitative estimate of drug-likeness (QED) is 0.414. The lowest BCUT2D eigenvalue weighted by Gasteiger charge is -2.40. The third kappa shape index (κ3) is 3.69. The van der Waals surface area contributed by atoms with Crippen molar-refractivity contribution in [2.75, 3.05) is 6.54 Å². The number of hydrazine groups is 1. The Morgan fingerprint density at radius 3 is 2.43 bits per heavy atom. The lowest BCUT2D eigenvalue weighted by Crippen LogP contribution is -2.65. The van der Waals surface area contributed by atoms with Gasteiger partial charge < -0.3 is 10.2 Å². The van der Waals surface area contributed by atoms with Gasteiger partial charge in [0.2, 0.25) is 17.7 Å². The third-order valence-corrected chi connectivity index (χ3v) is 4.70. The van der Waals surface area contributed by atoms with Gasteiger partial charge in [-0.3, -0.25) is 19.2 Å². The number of amides is 4. The maximum Gasteiger partial charge on any atom is 0.266 e. The van der Waals surface area contributed by atoms with E-state index >= 15 is 0 Å². The highest BCUT2D eigenvalue weighted by Crippen LogP contribution is 2.28. The Kier molecular flexibility index (Phi) is 5.35. The lowest BCUT2D eigenvalue weighted by molar-refractivity contribution is -0.156. The zero-order valence-electron chi connectivity index (χ0n) is 13.6. The van der Waals surface area contributed by atoms with E-state index in [1.54, 1.807) is 0 Å². The van der Waals surface area contributed by atoms with Crippen LogP contribution in [0.5, 0.6) is 0 Å². The topological polar surface area (TPSA) is 113 Å². The first-order valence-electron chi connectivity index (χ1n) is 8.02. The van der Waals surface area contributed by atoms with Gasteiger partial charge in [-0.15, -0.1) is 0 Å². The second-order valence-electron chi connectivity index (χ2n) is 6.31. The minimum Gasteiger partial charge on any atom is -0.342 e. The molecule has 128 valence electrons. The first-order valence-corrected chi connectivity index (χ1v) is 8.02. The highest BCUT2D eigenvalue weighted by atomic mass is 16.2. The summed E-state index contributed by atoms with van der Waals surface area (Å²) in [5.41, 5.74) is 0. The van der Waals surface area contributed by atoms with Crippen molar-refractivity contribution < 1.29 is 19.2 Å². The molecule has 2 unspecified atom stereocenters. The van der Waals surface area contributed by atoms with Gasteiger partial charge in [-0.1, -0.05) is 19.3 Å². The summed E-state index contributed by atoms with van der Waals surface area (Å²) >= 11 is 0. The van der Waals surface area contributed by atoms with Crippen LogP contribution in [0, 0.1) is 5.92 Å². The van der Waals surface area contributed by atoms with Gasteiger partial charge in [-0.05, 0) is 25.7 Å². The number of nitrogens with two attached hydrogens (primary N) is 1. The fourth-order valence-electron chi connectivity index (χ4n) is 3.30. The van der Waals surface area contributed by atoms with Crippen molar-refractivity contribution in [3.63, 3.8) is 0 Å². The standard InChI is InChI=1S/C15H24N4O4/c1-9(14(22)19(16)10(2)20)18-8-12(21)17-13(15(18)23)11-6-4-3-5-7-11/h9,11,13H,3-8,16H2,1-2H3,(H,17,21). The van der Waals surface area contributed by atoms with Crippen LogP contribution in [0.4, 0.5) is 0 Å². The highest BCUT2D eigenvalue weighted by Gasteiger charge is 2.42. The number of hydrogen-bond acceptors (Lipinski definition) is 5. The van der Waals surface area contributed by atoms with Crippen molar-refractivity contribution >= 4 is 23.6 Å². The molecule has 1 saturated carbocycles. The summed E-state index contributed by atoms with van der Waals surface area (Å²) in [6.07, 6.45) is 5.01. The van der Waals surface area contributed by atoms with Gasteiger partial charge in [-0.2, -0.15) is 0 Å². The fourth-order valence-corrected chi connectivity index (χ4v) is 3.30. The molecule has 8 heteroatoms. The zero-order valence-corrected chi connectivity index (χ0v) is 13.6. The average Bonchev–Trinajstić information content (AvgIpc) is 2.55. The van der Waals surface area contributed by atoms with E-state index in [9.17, 15) is 19.2 Å². The van der Waals surface area contributed by atoms with E-state index in [4.69, 9.17) is 5.84 Å². The van der Waals surface area contributed by atoms with Gasteiger partial charge in [0.1, 0.15) is 18.6 Å². The smallest absolute Gasteiger partial charge is 0.266 e. The molecule has 1 saturated heterocycles. The minimum atomic E-state index is -0.950. The van der Waals surface area contributed by atoms with Crippen LogP contribution < -0.4 is 11.2 Å². The molecule has 4 amide bonds. The molecule has 23 heavy (non-hydrogen) atoms. The molecule has 1 heterocycles. The molecule has 0 aromatic carbocycles. The maximum atomic E-state index is 12.7. The van der Waals surface area contributed by atoms with E-state index in [0.717, 1.165) is 32.1 Å². The normalized spacial score (nSPS) is 24.1. The van der Waals surface area contributed by atoms with E-state index in [0.29, 0.717) is 5.01 Å². The van der Waals surface area contributed by atoms with Crippen LogP contribution in [0.2, 0.25) is 0 Å². The summed E-state index contributed by atoms with van der Waals surface area (Å²) < 4.78 is 0. The summed E-state index contributed by atoms with van der Waals surface area (Å²) in [7, 11) is 0. The van der Waals surface area contributed by atoms with Crippen molar-refractivity contribution in [2.45, 2.75) is 58.0 Å². The minimum absolute atomic E-state index is 0.104. The molecule has 3 N–H and O–H groups in total. The van der Waals surface area contributed by atoms with Crippen LogP contribution in [0.3, 0.4) is 0 Å². The molecule has 2 rings (SSSR count). The Morgan fingerprint density at radius 2 is 1.87 bits per heavy atom. The predicted octanol–water partition coefficient (Wildman–Crippen LogP) is -0.469. The number of carbonyl (C=O) groups excluding carboxylic acids is 4. The molecule has 1 aliphatic carbocycles. The first-order chi connectivity index (χ1) is 10.8. The van der Waals surface area contributed by atoms with E-state index in [2.05, 4.69) is 5.32 Å². The van der Waals surface area contributed by atoms with E-state index in [-0.39, 0.29) is 24.3 Å². The Balaban J connectivity index is 2.14. The van der Waals surface area contributed by atoms with Crippen LogP contribution in [-0.4, -0.2) is 52.2 Å². The number of rotatable bonds is 3. The molecular formula is C15H24N4O4. The third-order valence-electron chi connectivity index (χ3n) is 4.70. The Hall–Kier alpha value is -1.96. The van der Waals surface area contributed by atoms with Gasteiger partial charge in [0, 0.05) is 6.92 Å². The average molecular weight is 324 g/mol. The number of nitrogens with one attached hydrogen (secondary N) is 1. The SMILES string of the molecule is CC(=O)N(N)C(=O)C(C)N1CC(=O)NC(C2CCCCC2)C1=O. The predicted molar refractivity (Wildman–Crippen MR) is 81.4 cm³/mol. The van der Waals surface area contributed by atoms with Crippen LogP contribution in [0.15, 0.2) is 0 Å². The molecule has 1 aliphatic heterocycles. The van der Waals surface area contributed by atoms with Gasteiger partial charge in [0.05, 0.1) is 0 Å². The second kappa shape index (κ2) is 7.08. The first kappa shape index (κ1) is 17.4. The number of carbonyl (C=O) groups is 4. The highest BCUT2D eigenvalue weighted by molar-refractivity contribution is 6.01. The zero-order chi connectivity index (χ0) is 17.1. The van der Waals surface area contributed by atoms with Crippen molar-refractivity contribution in [3.05, 3.63) is 0 Å². The van der Waals surface area contributed by atoms with Crippen molar-refractivity contribution in [2.24, 2.45) is 11.8 Å². The van der Waals surface area contributed by atoms with Gasteiger partial charge in [-0.25, -0.2) is 10.9 Å². The van der Waals surface area contributed by atoms with Crippen LogP contribution >= 0.6 is 0 Å². The summed E-state index contributed by atoms with van der Waals surface area (Å²) in [5.74, 6) is 3.67. The summed E-state index contributed by atoms with van der Waals surface area (Å²) in [5, 5.41) is 3.24. The fraction of sp³-hybridized carbons (Fsp3) is 0.733. The molecule has 0 aromatic rings. The van der Waals surface area contributed by atoms with Crippen molar-refractivity contribution in [1.29, 1.82) is 0 Å². The number of nitrogens with zero attached hydrogens (tertiary/aromatic N) is 2. The molecule has 0 radical (unpaired) electrons. The molecule has 2 aliphatic rings. The molecule has 8 nitrogen and oxygen atoms in total. The van der Waals surface area contributed by atoms with Gasteiger partial charge in [0.15, 0.2) is 0 Å². The Labute approximate surface area is 135 Å². The Bertz CT molecular complexity index is 516. The van der Waals surface area contributed by atoms with Gasteiger partial charge >= 0.3 is 0 Å². The Morgan fingerprint density at radius 1 is 1.26 bits per heavy atom. The van der Waals surface area contributed by atoms with E-state index in [1.807, 2.05) is 0 Å². The number of imide groups is 1. The molecule has 0 aromatic heterocycles. The maximum absolute atomic E-state index is 12.7. The molecule has 2 fully saturated rings. The summed E-state index contributed by atoms with van der Waals surface area (Å²) in [4.78, 5) is 49.3. The summed E-state index contributed by atoms with van der Waals surface area (Å²) in [6.45, 7) is 2.46. The van der Waals surface area contributed by atoms with E-state index < -0.39 is 23.9 Å². The largest absolute Gasteiger partial charge is 0.342 e. The summed E-state index contributed by atoms with van der Waals surface area (Å²) in [6, 6.07) is -1.54. The monoisotopic (exact) mass is 324 g/mol. The van der Waals surface area contributed by atoms with E-state index in [1.165, 1.54) is 18.7 Å².